The molecule has 0 bridgehead atoms. The Balaban J connectivity index is 1.98. The van der Waals surface area contributed by atoms with E-state index in [1.165, 1.54) is 12.1 Å². The molecule has 6 heteroatoms. The van der Waals surface area contributed by atoms with Crippen LogP contribution in [-0.4, -0.2) is 22.8 Å². The fourth-order valence-corrected chi connectivity index (χ4v) is 2.24. The lowest BCUT2D eigenvalue weighted by Crippen LogP contribution is -2.23. The molecular formula is C14H17BrFN3O. The lowest BCUT2D eigenvalue weighted by molar-refractivity contribution is 0.483. The molecule has 0 radical (unpaired) electrons. The van der Waals surface area contributed by atoms with Crippen molar-refractivity contribution in [1.29, 1.82) is 0 Å². The Morgan fingerprint density at radius 3 is 2.80 bits per heavy atom. The first-order valence-electron chi connectivity index (χ1n) is 6.57. The van der Waals surface area contributed by atoms with Crippen LogP contribution in [0, 0.1) is 5.82 Å². The van der Waals surface area contributed by atoms with E-state index >= 15 is 0 Å². The monoisotopic (exact) mass is 341 g/mol. The van der Waals surface area contributed by atoms with Gasteiger partial charge in [-0.05, 0) is 31.2 Å². The van der Waals surface area contributed by atoms with Gasteiger partial charge < -0.3 is 9.73 Å². The SMILES string of the molecule is CC(C)NCCCc1nnc(-c2cc(F)cc(Br)c2)o1. The molecular weight excluding hydrogens is 325 g/mol. The quantitative estimate of drug-likeness (QED) is 0.816. The third-order valence-electron chi connectivity index (χ3n) is 2.70. The van der Waals surface area contributed by atoms with Crippen LogP contribution in [0.2, 0.25) is 0 Å². The van der Waals surface area contributed by atoms with Gasteiger partial charge in [-0.3, -0.25) is 0 Å². The summed E-state index contributed by atoms with van der Waals surface area (Å²) < 4.78 is 19.5. The molecule has 0 amide bonds. The van der Waals surface area contributed by atoms with Crippen molar-refractivity contribution in [1.82, 2.24) is 15.5 Å². The maximum Gasteiger partial charge on any atom is 0.247 e. The lowest BCUT2D eigenvalue weighted by Gasteiger charge is -2.05. The van der Waals surface area contributed by atoms with Gasteiger partial charge in [0.1, 0.15) is 5.82 Å². The summed E-state index contributed by atoms with van der Waals surface area (Å²) in [4.78, 5) is 0. The Kier molecular flexibility index (Phi) is 5.25. The second-order valence-corrected chi connectivity index (χ2v) is 5.79. The number of aryl methyl sites for hydroxylation is 1. The van der Waals surface area contributed by atoms with E-state index in [0.717, 1.165) is 13.0 Å². The number of hydrogen-bond acceptors (Lipinski definition) is 4. The largest absolute Gasteiger partial charge is 0.421 e. The van der Waals surface area contributed by atoms with Crippen molar-refractivity contribution in [3.05, 3.63) is 34.4 Å². The molecule has 0 atom stereocenters. The highest BCUT2D eigenvalue weighted by Gasteiger charge is 2.10. The van der Waals surface area contributed by atoms with E-state index in [2.05, 4.69) is 45.3 Å². The molecule has 0 aliphatic carbocycles. The number of hydrogen-bond donors (Lipinski definition) is 1. The predicted octanol–water partition coefficient (Wildman–Crippen LogP) is 3.57. The van der Waals surface area contributed by atoms with Crippen molar-refractivity contribution in [3.63, 3.8) is 0 Å². The minimum absolute atomic E-state index is 0.338. The van der Waals surface area contributed by atoms with E-state index in [1.54, 1.807) is 6.07 Å². The van der Waals surface area contributed by atoms with Gasteiger partial charge in [0.25, 0.3) is 0 Å². The topological polar surface area (TPSA) is 51.0 Å². The Hall–Kier alpha value is -1.27. The summed E-state index contributed by atoms with van der Waals surface area (Å²) in [5.74, 6) is 0.582. The Labute approximate surface area is 125 Å². The number of rotatable bonds is 6. The highest BCUT2D eigenvalue weighted by atomic mass is 79.9. The third-order valence-corrected chi connectivity index (χ3v) is 3.15. The van der Waals surface area contributed by atoms with Gasteiger partial charge >= 0.3 is 0 Å². The molecule has 2 aromatic rings. The number of nitrogens with zero attached hydrogens (tertiary/aromatic N) is 2. The molecule has 1 heterocycles. The summed E-state index contributed by atoms with van der Waals surface area (Å²) in [5, 5.41) is 11.3. The summed E-state index contributed by atoms with van der Waals surface area (Å²) in [7, 11) is 0. The van der Waals surface area contributed by atoms with Gasteiger partial charge in [0.15, 0.2) is 0 Å². The van der Waals surface area contributed by atoms with Crippen LogP contribution < -0.4 is 5.32 Å². The van der Waals surface area contributed by atoms with Crippen LogP contribution >= 0.6 is 15.9 Å². The van der Waals surface area contributed by atoms with Crippen molar-refractivity contribution in [3.8, 4) is 11.5 Å². The molecule has 0 saturated carbocycles. The van der Waals surface area contributed by atoms with Gasteiger partial charge in [0.2, 0.25) is 11.8 Å². The second kappa shape index (κ2) is 6.95. The van der Waals surface area contributed by atoms with Crippen LogP contribution in [0.25, 0.3) is 11.5 Å². The van der Waals surface area contributed by atoms with Crippen LogP contribution in [0.1, 0.15) is 26.2 Å². The molecule has 0 aliphatic rings. The fourth-order valence-electron chi connectivity index (χ4n) is 1.78. The number of benzene rings is 1. The van der Waals surface area contributed by atoms with Gasteiger partial charge in [-0.2, -0.15) is 0 Å². The maximum atomic E-state index is 13.3. The van der Waals surface area contributed by atoms with Crippen LogP contribution in [0.3, 0.4) is 0 Å². The van der Waals surface area contributed by atoms with Crippen molar-refractivity contribution in [2.45, 2.75) is 32.7 Å². The molecule has 20 heavy (non-hydrogen) atoms. The van der Waals surface area contributed by atoms with E-state index < -0.39 is 0 Å². The van der Waals surface area contributed by atoms with Crippen molar-refractivity contribution in [2.24, 2.45) is 0 Å². The van der Waals surface area contributed by atoms with Crippen LogP contribution in [0.4, 0.5) is 4.39 Å². The maximum absolute atomic E-state index is 13.3. The first kappa shape index (κ1) is 15.1. The first-order chi connectivity index (χ1) is 9.54. The highest BCUT2D eigenvalue weighted by Crippen LogP contribution is 2.23. The van der Waals surface area contributed by atoms with E-state index in [-0.39, 0.29) is 5.82 Å². The Morgan fingerprint density at radius 1 is 1.30 bits per heavy atom. The molecule has 108 valence electrons. The Bertz CT molecular complexity index is 551. The van der Waals surface area contributed by atoms with E-state index in [0.29, 0.717) is 34.3 Å². The summed E-state index contributed by atoms with van der Waals surface area (Å²) in [6.45, 7) is 5.11. The third kappa shape index (κ3) is 4.38. The van der Waals surface area contributed by atoms with E-state index in [9.17, 15) is 4.39 Å². The number of nitrogens with one attached hydrogen (secondary N) is 1. The molecule has 0 spiro atoms. The van der Waals surface area contributed by atoms with Crippen molar-refractivity contribution >= 4 is 15.9 Å². The molecule has 1 aromatic carbocycles. The zero-order valence-electron chi connectivity index (χ0n) is 11.5. The van der Waals surface area contributed by atoms with E-state index in [1.807, 2.05) is 0 Å². The zero-order valence-corrected chi connectivity index (χ0v) is 13.1. The number of halogens is 2. The van der Waals surface area contributed by atoms with Gasteiger partial charge in [0.05, 0.1) is 0 Å². The molecule has 1 N–H and O–H groups in total. The Morgan fingerprint density at radius 2 is 2.10 bits per heavy atom. The lowest BCUT2D eigenvalue weighted by atomic mass is 10.2. The summed E-state index contributed by atoms with van der Waals surface area (Å²) in [6.07, 6.45) is 1.63. The summed E-state index contributed by atoms with van der Waals surface area (Å²) in [6, 6.07) is 4.99. The van der Waals surface area contributed by atoms with Crippen LogP contribution in [0.15, 0.2) is 27.1 Å². The average Bonchev–Trinajstić information content (AvgIpc) is 2.82. The molecule has 0 fully saturated rings. The number of aromatic nitrogens is 2. The minimum Gasteiger partial charge on any atom is -0.421 e. The molecule has 4 nitrogen and oxygen atoms in total. The van der Waals surface area contributed by atoms with Gasteiger partial charge in [-0.25, -0.2) is 4.39 Å². The van der Waals surface area contributed by atoms with Crippen LogP contribution in [-0.2, 0) is 6.42 Å². The molecule has 1 aromatic heterocycles. The summed E-state index contributed by atoms with van der Waals surface area (Å²) >= 11 is 3.24. The molecule has 0 saturated heterocycles. The van der Waals surface area contributed by atoms with Gasteiger partial charge in [0, 0.05) is 22.5 Å². The minimum atomic E-state index is -0.338. The van der Waals surface area contributed by atoms with Gasteiger partial charge in [-0.15, -0.1) is 10.2 Å². The predicted molar refractivity (Wildman–Crippen MR) is 78.9 cm³/mol. The molecule has 0 aliphatic heterocycles. The molecule has 0 unspecified atom stereocenters. The standard InChI is InChI=1S/C14H17BrFN3O/c1-9(2)17-5-3-4-13-18-19-14(20-13)10-6-11(15)8-12(16)7-10/h6-9,17H,3-5H2,1-2H3. The fraction of sp³-hybridized carbons (Fsp3) is 0.429. The zero-order chi connectivity index (χ0) is 14.5. The smallest absolute Gasteiger partial charge is 0.247 e. The summed E-state index contributed by atoms with van der Waals surface area (Å²) in [5.41, 5.74) is 0.580. The van der Waals surface area contributed by atoms with E-state index in [4.69, 9.17) is 4.42 Å². The first-order valence-corrected chi connectivity index (χ1v) is 7.36. The van der Waals surface area contributed by atoms with Crippen LogP contribution in [0.5, 0.6) is 0 Å². The average molecular weight is 342 g/mol. The van der Waals surface area contributed by atoms with Crippen molar-refractivity contribution < 1.29 is 8.81 Å². The second-order valence-electron chi connectivity index (χ2n) is 4.87. The normalized spacial score (nSPS) is 11.2. The van der Waals surface area contributed by atoms with Gasteiger partial charge in [-0.1, -0.05) is 29.8 Å². The molecule has 2 rings (SSSR count). The van der Waals surface area contributed by atoms with Crippen molar-refractivity contribution in [2.75, 3.05) is 6.54 Å². The highest BCUT2D eigenvalue weighted by molar-refractivity contribution is 9.10.